The number of carboxylic acid groups (broad SMARTS) is 1. The third-order valence-electron chi connectivity index (χ3n) is 7.78. The third-order valence-corrected chi connectivity index (χ3v) is 7.78. The molecule has 6 rings (SSSR count). The van der Waals surface area contributed by atoms with Crippen LogP contribution in [0.2, 0.25) is 0 Å². The first-order valence-corrected chi connectivity index (χ1v) is 13.5. The van der Waals surface area contributed by atoms with Crippen molar-refractivity contribution in [3.05, 3.63) is 120 Å². The van der Waals surface area contributed by atoms with E-state index in [0.717, 1.165) is 43.9 Å². The second-order valence-electron chi connectivity index (χ2n) is 10.3. The molecular weight excluding hydrogens is 501 g/mol. The molecule has 1 N–H and O–H groups in total. The van der Waals surface area contributed by atoms with Crippen LogP contribution in [-0.2, 0) is 6.54 Å². The highest BCUT2D eigenvalue weighted by atomic mass is 19.1. The van der Waals surface area contributed by atoms with E-state index in [9.17, 15) is 14.3 Å². The lowest BCUT2D eigenvalue weighted by molar-refractivity contribution is 0.0698. The summed E-state index contributed by atoms with van der Waals surface area (Å²) in [7, 11) is 0. The number of pyridine rings is 1. The molecule has 0 spiro atoms. The van der Waals surface area contributed by atoms with Crippen LogP contribution in [0.5, 0.6) is 0 Å². The highest BCUT2D eigenvalue weighted by Gasteiger charge is 2.20. The predicted molar refractivity (Wildman–Crippen MR) is 158 cm³/mol. The van der Waals surface area contributed by atoms with E-state index in [-0.39, 0.29) is 5.56 Å². The number of piperazine rings is 1. The summed E-state index contributed by atoms with van der Waals surface area (Å²) < 4.78 is 13.9. The summed E-state index contributed by atoms with van der Waals surface area (Å²) in [4.78, 5) is 21.8. The molecule has 2 heterocycles. The molecular formula is C34H30FN3O2. The molecule has 0 saturated carbocycles. The van der Waals surface area contributed by atoms with Gasteiger partial charge in [-0.25, -0.2) is 14.2 Å². The lowest BCUT2D eigenvalue weighted by atomic mass is 9.95. The Hall–Kier alpha value is -4.55. The number of aromatic nitrogens is 1. The van der Waals surface area contributed by atoms with Gasteiger partial charge in [-0.05, 0) is 59.5 Å². The number of fused-ring (bicyclic) bond motifs is 1. The highest BCUT2D eigenvalue weighted by Crippen LogP contribution is 2.32. The number of anilines is 1. The maximum Gasteiger partial charge on any atom is 0.336 e. The number of halogens is 1. The van der Waals surface area contributed by atoms with Crippen LogP contribution in [0.4, 0.5) is 10.1 Å². The molecule has 0 aliphatic carbocycles. The van der Waals surface area contributed by atoms with Gasteiger partial charge in [-0.15, -0.1) is 0 Å². The number of hydrogen-bond acceptors (Lipinski definition) is 4. The summed E-state index contributed by atoms with van der Waals surface area (Å²) in [5.74, 6) is -1.57. The predicted octanol–water partition coefficient (Wildman–Crippen LogP) is 7.04. The zero-order valence-electron chi connectivity index (χ0n) is 22.3. The van der Waals surface area contributed by atoms with Crippen molar-refractivity contribution in [2.45, 2.75) is 13.5 Å². The molecule has 0 bridgehead atoms. The molecule has 5 nitrogen and oxygen atoms in total. The van der Waals surface area contributed by atoms with E-state index in [4.69, 9.17) is 4.98 Å². The molecule has 200 valence electrons. The third kappa shape index (κ3) is 5.06. The van der Waals surface area contributed by atoms with E-state index in [1.54, 1.807) is 6.92 Å². The van der Waals surface area contributed by atoms with Crippen molar-refractivity contribution in [3.63, 3.8) is 0 Å². The van der Waals surface area contributed by atoms with Gasteiger partial charge in [-0.2, -0.15) is 0 Å². The van der Waals surface area contributed by atoms with Crippen LogP contribution in [0.15, 0.2) is 97.1 Å². The lowest BCUT2D eigenvalue weighted by Gasteiger charge is -2.36. The Bertz CT molecular complexity index is 1680. The first-order valence-electron chi connectivity index (χ1n) is 13.5. The minimum absolute atomic E-state index is 0.0845. The zero-order chi connectivity index (χ0) is 27.6. The summed E-state index contributed by atoms with van der Waals surface area (Å²) in [6, 6.07) is 31.3. The van der Waals surface area contributed by atoms with E-state index in [1.165, 1.54) is 35.0 Å². The fraction of sp³-hybridized carbons (Fsp3) is 0.176. The Kier molecular flexibility index (Phi) is 7.01. The van der Waals surface area contributed by atoms with Crippen LogP contribution in [0.1, 0.15) is 21.5 Å². The van der Waals surface area contributed by atoms with Gasteiger partial charge < -0.3 is 10.0 Å². The lowest BCUT2D eigenvalue weighted by Crippen LogP contribution is -2.46. The molecule has 5 aromatic rings. The summed E-state index contributed by atoms with van der Waals surface area (Å²) in [5, 5.41) is 10.2. The van der Waals surface area contributed by atoms with Gasteiger partial charge in [0.1, 0.15) is 5.82 Å². The van der Waals surface area contributed by atoms with Crippen LogP contribution in [-0.4, -0.2) is 47.1 Å². The Labute approximate surface area is 233 Å². The molecule has 0 radical (unpaired) electrons. The molecule has 1 saturated heterocycles. The maximum absolute atomic E-state index is 13.9. The van der Waals surface area contributed by atoms with Crippen molar-refractivity contribution in [3.8, 4) is 22.4 Å². The van der Waals surface area contributed by atoms with Crippen molar-refractivity contribution in [1.82, 2.24) is 9.88 Å². The molecule has 40 heavy (non-hydrogen) atoms. The van der Waals surface area contributed by atoms with Crippen molar-refractivity contribution in [2.24, 2.45) is 0 Å². The number of para-hydroxylation sites is 1. The minimum atomic E-state index is -1.09. The number of nitrogens with zero attached hydrogens (tertiary/aromatic N) is 3. The average molecular weight is 532 g/mol. The standard InChI is InChI=1S/C34H30FN3O2/c1-23-32(34(39)40)30-21-27(35)15-16-31(30)36-33(23)25-13-11-24(12-14-25)29-10-6-5-7-26(29)22-37-17-19-38(20-18-37)28-8-3-2-4-9-28/h2-16,21H,17-20,22H2,1H3,(H,39,40). The van der Waals surface area contributed by atoms with Gasteiger partial charge >= 0.3 is 5.97 Å². The molecule has 0 unspecified atom stereocenters. The number of carboxylic acids is 1. The average Bonchev–Trinajstić information content (AvgIpc) is 2.98. The topological polar surface area (TPSA) is 56.7 Å². The Balaban J connectivity index is 1.24. The van der Waals surface area contributed by atoms with Crippen molar-refractivity contribution < 1.29 is 14.3 Å². The number of carbonyl (C=O) groups is 1. The van der Waals surface area contributed by atoms with Gasteiger partial charge in [0.05, 0.1) is 16.8 Å². The van der Waals surface area contributed by atoms with Crippen LogP contribution < -0.4 is 4.90 Å². The molecule has 1 aliphatic heterocycles. The summed E-state index contributed by atoms with van der Waals surface area (Å²) in [5.41, 5.74) is 7.32. The summed E-state index contributed by atoms with van der Waals surface area (Å²) in [6.07, 6.45) is 0. The first-order chi connectivity index (χ1) is 19.5. The first kappa shape index (κ1) is 25.7. The van der Waals surface area contributed by atoms with Gasteiger partial charge in [0.25, 0.3) is 0 Å². The second-order valence-corrected chi connectivity index (χ2v) is 10.3. The van der Waals surface area contributed by atoms with Crippen LogP contribution in [0.3, 0.4) is 0 Å². The maximum atomic E-state index is 13.9. The van der Waals surface area contributed by atoms with Crippen LogP contribution >= 0.6 is 0 Å². The largest absolute Gasteiger partial charge is 0.478 e. The van der Waals surface area contributed by atoms with Crippen LogP contribution in [0.25, 0.3) is 33.3 Å². The van der Waals surface area contributed by atoms with Crippen molar-refractivity contribution >= 4 is 22.6 Å². The fourth-order valence-electron chi connectivity index (χ4n) is 5.68. The molecule has 0 atom stereocenters. The minimum Gasteiger partial charge on any atom is -0.478 e. The van der Waals surface area contributed by atoms with E-state index in [0.29, 0.717) is 22.2 Å². The molecule has 1 aromatic heterocycles. The quantitative estimate of drug-likeness (QED) is 0.255. The molecule has 1 aliphatic rings. The SMILES string of the molecule is Cc1c(-c2ccc(-c3ccccc3CN3CCN(c4ccccc4)CC3)cc2)nc2ccc(F)cc2c1C(=O)O. The normalized spacial score (nSPS) is 14.0. The Morgan fingerprint density at radius 2 is 1.52 bits per heavy atom. The van der Waals surface area contributed by atoms with Gasteiger partial charge in [0.2, 0.25) is 0 Å². The monoisotopic (exact) mass is 531 g/mol. The summed E-state index contributed by atoms with van der Waals surface area (Å²) in [6.45, 7) is 6.63. The summed E-state index contributed by atoms with van der Waals surface area (Å²) >= 11 is 0. The van der Waals surface area contributed by atoms with Gasteiger partial charge in [-0.3, -0.25) is 4.90 Å². The number of benzene rings is 4. The van der Waals surface area contributed by atoms with Crippen LogP contribution in [0, 0.1) is 12.7 Å². The van der Waals surface area contributed by atoms with Gasteiger partial charge in [0, 0.05) is 49.4 Å². The van der Waals surface area contributed by atoms with Gasteiger partial charge in [0.15, 0.2) is 0 Å². The Morgan fingerprint density at radius 3 is 2.25 bits per heavy atom. The zero-order valence-corrected chi connectivity index (χ0v) is 22.3. The second kappa shape index (κ2) is 10.9. The van der Waals surface area contributed by atoms with Gasteiger partial charge in [-0.1, -0.05) is 66.7 Å². The molecule has 4 aromatic carbocycles. The Morgan fingerprint density at radius 1 is 0.850 bits per heavy atom. The van der Waals surface area contributed by atoms with E-state index >= 15 is 0 Å². The molecule has 1 fully saturated rings. The van der Waals surface area contributed by atoms with E-state index in [1.807, 2.05) is 12.1 Å². The number of rotatable bonds is 6. The van der Waals surface area contributed by atoms with Crippen molar-refractivity contribution in [1.29, 1.82) is 0 Å². The van der Waals surface area contributed by atoms with E-state index < -0.39 is 11.8 Å². The smallest absolute Gasteiger partial charge is 0.336 e. The van der Waals surface area contributed by atoms with E-state index in [2.05, 4.69) is 76.5 Å². The fourth-order valence-corrected chi connectivity index (χ4v) is 5.68. The number of aromatic carboxylic acids is 1. The highest BCUT2D eigenvalue weighted by molar-refractivity contribution is 6.05. The molecule has 0 amide bonds. The van der Waals surface area contributed by atoms with Crippen molar-refractivity contribution in [2.75, 3.05) is 31.1 Å². The molecule has 6 heteroatoms. The number of hydrogen-bond donors (Lipinski definition) is 1.